The first kappa shape index (κ1) is 21.8. The molecule has 6 nitrogen and oxygen atoms in total. The van der Waals surface area contributed by atoms with Gasteiger partial charge in [-0.25, -0.2) is 9.78 Å². The average molecular weight is 415 g/mol. The highest BCUT2D eigenvalue weighted by molar-refractivity contribution is 7.12. The summed E-state index contributed by atoms with van der Waals surface area (Å²) in [5, 5.41) is 2.37. The number of nitrogens with zero attached hydrogens (tertiary/aromatic N) is 2. The summed E-state index contributed by atoms with van der Waals surface area (Å²) in [4.78, 5) is 28.9. The number of likely N-dealkylation sites (N-methyl/N-ethyl adjacent to an activating group) is 1. The number of halogens is 3. The standard InChI is InChI=1S/C18H20F3N3O3S/c1-3-24(4-2)9-10-27-17(26)12-5-7-13(8-6-12)23-16(25)14-15(18(19,20)21)22-11-28-14/h5-8,11H,3-4,9-10H2,1-2H3,(H,23,25). The summed E-state index contributed by atoms with van der Waals surface area (Å²) in [6, 6.07) is 5.72. The van der Waals surface area contributed by atoms with Gasteiger partial charge in [-0.05, 0) is 37.4 Å². The van der Waals surface area contributed by atoms with Crippen LogP contribution < -0.4 is 5.32 Å². The molecule has 2 rings (SSSR count). The Kier molecular flexibility index (Phi) is 7.53. The molecule has 152 valence electrons. The Labute approximate surface area is 164 Å². The lowest BCUT2D eigenvalue weighted by Crippen LogP contribution is -2.27. The first-order chi connectivity index (χ1) is 13.3. The monoisotopic (exact) mass is 415 g/mol. The van der Waals surface area contributed by atoms with Crippen molar-refractivity contribution in [3.8, 4) is 0 Å². The van der Waals surface area contributed by atoms with Gasteiger partial charge in [-0.1, -0.05) is 13.8 Å². The van der Waals surface area contributed by atoms with Crippen molar-refractivity contribution in [3.05, 3.63) is 45.9 Å². The molecule has 1 amide bonds. The van der Waals surface area contributed by atoms with E-state index in [1.54, 1.807) is 0 Å². The van der Waals surface area contributed by atoms with Gasteiger partial charge in [-0.3, -0.25) is 4.79 Å². The van der Waals surface area contributed by atoms with Crippen LogP contribution in [-0.4, -0.2) is 48.0 Å². The Morgan fingerprint density at radius 2 is 1.82 bits per heavy atom. The molecule has 0 aliphatic carbocycles. The van der Waals surface area contributed by atoms with E-state index in [2.05, 4.69) is 15.2 Å². The van der Waals surface area contributed by atoms with Gasteiger partial charge in [-0.2, -0.15) is 13.2 Å². The third-order valence-corrected chi connectivity index (χ3v) is 4.78. The lowest BCUT2D eigenvalue weighted by molar-refractivity contribution is -0.141. The molecule has 0 radical (unpaired) electrons. The topological polar surface area (TPSA) is 71.5 Å². The van der Waals surface area contributed by atoms with Crippen LogP contribution in [0.3, 0.4) is 0 Å². The molecule has 0 fully saturated rings. The third kappa shape index (κ3) is 5.77. The Balaban J connectivity index is 1.95. The number of carbonyl (C=O) groups excluding carboxylic acids is 2. The highest BCUT2D eigenvalue weighted by Crippen LogP contribution is 2.33. The first-order valence-corrected chi connectivity index (χ1v) is 9.45. The van der Waals surface area contributed by atoms with Gasteiger partial charge in [0.1, 0.15) is 11.5 Å². The zero-order chi connectivity index (χ0) is 20.7. The van der Waals surface area contributed by atoms with E-state index in [0.717, 1.165) is 18.6 Å². The van der Waals surface area contributed by atoms with Crippen LogP contribution in [0, 0.1) is 0 Å². The fourth-order valence-corrected chi connectivity index (χ4v) is 3.08. The van der Waals surface area contributed by atoms with E-state index < -0.39 is 28.6 Å². The van der Waals surface area contributed by atoms with Gasteiger partial charge in [0.2, 0.25) is 0 Å². The number of amides is 1. The number of alkyl halides is 3. The number of benzene rings is 1. The van der Waals surface area contributed by atoms with Crippen LogP contribution in [-0.2, 0) is 10.9 Å². The van der Waals surface area contributed by atoms with E-state index in [9.17, 15) is 22.8 Å². The zero-order valence-electron chi connectivity index (χ0n) is 15.4. The number of rotatable bonds is 8. The normalized spacial score (nSPS) is 11.5. The summed E-state index contributed by atoms with van der Waals surface area (Å²) < 4.78 is 43.7. The maximum Gasteiger partial charge on any atom is 0.434 e. The molecule has 28 heavy (non-hydrogen) atoms. The van der Waals surface area contributed by atoms with Crippen molar-refractivity contribution >= 4 is 28.9 Å². The quantitative estimate of drug-likeness (QED) is 0.662. The predicted molar refractivity (Wildman–Crippen MR) is 99.6 cm³/mol. The molecule has 0 aliphatic rings. The number of ether oxygens (including phenoxy) is 1. The average Bonchev–Trinajstić information content (AvgIpc) is 3.16. The van der Waals surface area contributed by atoms with E-state index in [0.29, 0.717) is 17.9 Å². The maximum atomic E-state index is 12.8. The summed E-state index contributed by atoms with van der Waals surface area (Å²) in [6.45, 7) is 6.63. The van der Waals surface area contributed by atoms with Gasteiger partial charge in [0, 0.05) is 12.2 Å². The van der Waals surface area contributed by atoms with E-state index in [1.807, 2.05) is 13.8 Å². The summed E-state index contributed by atoms with van der Waals surface area (Å²) in [5.41, 5.74) is 0.288. The lowest BCUT2D eigenvalue weighted by Gasteiger charge is -2.17. The summed E-state index contributed by atoms with van der Waals surface area (Å²) in [5.74, 6) is -1.42. The van der Waals surface area contributed by atoms with Crippen molar-refractivity contribution in [1.82, 2.24) is 9.88 Å². The highest BCUT2D eigenvalue weighted by atomic mass is 32.1. The molecule has 0 spiro atoms. The number of carbonyl (C=O) groups is 2. The second kappa shape index (κ2) is 9.65. The maximum absolute atomic E-state index is 12.8. The second-order valence-electron chi connectivity index (χ2n) is 5.72. The Morgan fingerprint density at radius 3 is 2.39 bits per heavy atom. The fourth-order valence-electron chi connectivity index (χ4n) is 2.38. The van der Waals surface area contributed by atoms with Crippen molar-refractivity contribution in [2.24, 2.45) is 0 Å². The van der Waals surface area contributed by atoms with Crippen molar-refractivity contribution in [2.75, 3.05) is 31.6 Å². The van der Waals surface area contributed by atoms with Gasteiger partial charge in [0.15, 0.2) is 5.69 Å². The number of thiazole rings is 1. The van der Waals surface area contributed by atoms with Crippen LogP contribution in [0.4, 0.5) is 18.9 Å². The first-order valence-electron chi connectivity index (χ1n) is 8.57. The van der Waals surface area contributed by atoms with Crippen LogP contribution in [0.15, 0.2) is 29.8 Å². The Hall–Kier alpha value is -2.46. The molecule has 0 unspecified atom stereocenters. The molecular formula is C18H20F3N3O3S. The minimum Gasteiger partial charge on any atom is -0.461 e. The summed E-state index contributed by atoms with van der Waals surface area (Å²) >= 11 is 0.606. The Morgan fingerprint density at radius 1 is 1.18 bits per heavy atom. The fraction of sp³-hybridized carbons (Fsp3) is 0.389. The van der Waals surface area contributed by atoms with Crippen LogP contribution in [0.1, 0.15) is 39.6 Å². The molecule has 0 atom stereocenters. The molecule has 2 aromatic rings. The molecule has 1 N–H and O–H groups in total. The summed E-state index contributed by atoms with van der Waals surface area (Å²) in [6.07, 6.45) is -4.70. The van der Waals surface area contributed by atoms with E-state index >= 15 is 0 Å². The lowest BCUT2D eigenvalue weighted by atomic mass is 10.2. The third-order valence-electron chi connectivity index (χ3n) is 3.96. The molecule has 0 bridgehead atoms. The molecule has 1 aromatic heterocycles. The van der Waals surface area contributed by atoms with Gasteiger partial charge in [-0.15, -0.1) is 11.3 Å². The van der Waals surface area contributed by atoms with Gasteiger partial charge in [0.05, 0.1) is 11.1 Å². The Bertz CT molecular complexity index is 802. The van der Waals surface area contributed by atoms with Crippen LogP contribution >= 0.6 is 11.3 Å². The second-order valence-corrected chi connectivity index (χ2v) is 6.58. The molecular weight excluding hydrogens is 395 g/mol. The SMILES string of the molecule is CCN(CC)CCOC(=O)c1ccc(NC(=O)c2scnc2C(F)(F)F)cc1. The number of hydrogen-bond donors (Lipinski definition) is 1. The molecule has 10 heteroatoms. The summed E-state index contributed by atoms with van der Waals surface area (Å²) in [7, 11) is 0. The smallest absolute Gasteiger partial charge is 0.434 e. The van der Waals surface area contributed by atoms with Crippen molar-refractivity contribution in [1.29, 1.82) is 0 Å². The molecule has 0 saturated heterocycles. The van der Waals surface area contributed by atoms with Crippen molar-refractivity contribution < 1.29 is 27.5 Å². The van der Waals surface area contributed by atoms with Crippen LogP contribution in [0.25, 0.3) is 0 Å². The van der Waals surface area contributed by atoms with E-state index in [1.165, 1.54) is 24.3 Å². The predicted octanol–water partition coefficient (Wildman–Crippen LogP) is 3.91. The minimum atomic E-state index is -4.70. The van der Waals surface area contributed by atoms with E-state index in [-0.39, 0.29) is 17.9 Å². The van der Waals surface area contributed by atoms with Crippen molar-refractivity contribution in [2.45, 2.75) is 20.0 Å². The van der Waals surface area contributed by atoms with Crippen molar-refractivity contribution in [3.63, 3.8) is 0 Å². The number of anilines is 1. The molecule has 1 heterocycles. The zero-order valence-corrected chi connectivity index (χ0v) is 16.2. The molecule has 1 aromatic carbocycles. The van der Waals surface area contributed by atoms with Gasteiger partial charge < -0.3 is 15.0 Å². The minimum absolute atomic E-state index is 0.255. The number of nitrogens with one attached hydrogen (secondary N) is 1. The number of aromatic nitrogens is 1. The molecule has 0 saturated carbocycles. The van der Waals surface area contributed by atoms with Gasteiger partial charge >= 0.3 is 12.1 Å². The highest BCUT2D eigenvalue weighted by Gasteiger charge is 2.38. The van der Waals surface area contributed by atoms with Crippen LogP contribution in [0.2, 0.25) is 0 Å². The van der Waals surface area contributed by atoms with Gasteiger partial charge in [0.25, 0.3) is 5.91 Å². The largest absolute Gasteiger partial charge is 0.461 e. The van der Waals surface area contributed by atoms with Crippen LogP contribution in [0.5, 0.6) is 0 Å². The van der Waals surface area contributed by atoms with E-state index in [4.69, 9.17) is 4.74 Å². The molecule has 0 aliphatic heterocycles. The number of hydrogen-bond acceptors (Lipinski definition) is 6. The number of esters is 1.